The highest BCUT2D eigenvalue weighted by Crippen LogP contribution is 2.16. The number of carbonyl (C=O) groups is 1. The van der Waals surface area contributed by atoms with E-state index in [1.807, 2.05) is 43.4 Å². The highest BCUT2D eigenvalue weighted by atomic mass is 16.2. The normalized spacial score (nSPS) is 10.9. The van der Waals surface area contributed by atoms with Crippen LogP contribution in [-0.2, 0) is 0 Å². The topological polar surface area (TPSA) is 63.9 Å². The first-order chi connectivity index (χ1) is 11.2. The molecular formula is C17H19N5O. The molecule has 0 N–H and O–H groups in total. The van der Waals surface area contributed by atoms with E-state index in [0.717, 1.165) is 30.6 Å². The average molecular weight is 309 g/mol. The largest absolute Gasteiger partial charge is 0.342 e. The van der Waals surface area contributed by atoms with Gasteiger partial charge in [0.05, 0.1) is 5.69 Å². The van der Waals surface area contributed by atoms with Crippen molar-refractivity contribution < 1.29 is 4.79 Å². The number of pyridine rings is 1. The molecular weight excluding hydrogens is 290 g/mol. The number of hydrogen-bond donors (Lipinski definition) is 0. The second kappa shape index (κ2) is 6.56. The molecule has 1 amide bonds. The van der Waals surface area contributed by atoms with Crippen LogP contribution in [0.3, 0.4) is 0 Å². The van der Waals surface area contributed by atoms with Crippen LogP contribution in [0.15, 0.2) is 42.6 Å². The zero-order valence-corrected chi connectivity index (χ0v) is 13.3. The zero-order chi connectivity index (χ0) is 16.2. The number of aromatic nitrogens is 4. The van der Waals surface area contributed by atoms with Gasteiger partial charge < -0.3 is 4.90 Å². The van der Waals surface area contributed by atoms with Crippen molar-refractivity contribution >= 4 is 17.1 Å². The van der Waals surface area contributed by atoms with Crippen LogP contribution in [0, 0.1) is 0 Å². The van der Waals surface area contributed by atoms with Crippen molar-refractivity contribution in [3.63, 3.8) is 0 Å². The van der Waals surface area contributed by atoms with Gasteiger partial charge in [0.15, 0.2) is 5.65 Å². The van der Waals surface area contributed by atoms with Crippen molar-refractivity contribution in [2.45, 2.75) is 19.8 Å². The summed E-state index contributed by atoms with van der Waals surface area (Å²) in [7, 11) is 1.83. The maximum absolute atomic E-state index is 12.5. The van der Waals surface area contributed by atoms with Gasteiger partial charge in [-0.15, -0.1) is 5.10 Å². The second-order valence-electron chi connectivity index (χ2n) is 5.48. The van der Waals surface area contributed by atoms with E-state index >= 15 is 0 Å². The molecule has 0 aliphatic carbocycles. The Labute approximate surface area is 134 Å². The molecule has 3 aromatic rings. The molecule has 2 heterocycles. The third kappa shape index (κ3) is 3.06. The Morgan fingerprint density at radius 3 is 2.96 bits per heavy atom. The van der Waals surface area contributed by atoms with Gasteiger partial charge in [0.25, 0.3) is 5.91 Å². The van der Waals surface area contributed by atoms with Gasteiger partial charge >= 0.3 is 0 Å². The number of rotatable bonds is 5. The van der Waals surface area contributed by atoms with Gasteiger partial charge in [-0.3, -0.25) is 4.79 Å². The van der Waals surface area contributed by atoms with Gasteiger partial charge in [0, 0.05) is 25.4 Å². The van der Waals surface area contributed by atoms with Crippen molar-refractivity contribution in [2.24, 2.45) is 0 Å². The average Bonchev–Trinajstić information content (AvgIpc) is 3.03. The molecule has 0 aliphatic heterocycles. The minimum Gasteiger partial charge on any atom is -0.342 e. The van der Waals surface area contributed by atoms with Crippen LogP contribution >= 0.6 is 0 Å². The molecule has 6 nitrogen and oxygen atoms in total. The van der Waals surface area contributed by atoms with E-state index in [9.17, 15) is 4.79 Å². The highest BCUT2D eigenvalue weighted by Gasteiger charge is 2.13. The lowest BCUT2D eigenvalue weighted by atomic mass is 10.1. The van der Waals surface area contributed by atoms with Crippen molar-refractivity contribution in [3.8, 4) is 5.69 Å². The Bertz CT molecular complexity index is 826. The minimum atomic E-state index is 0.0117. The third-order valence-electron chi connectivity index (χ3n) is 3.74. The smallest absolute Gasteiger partial charge is 0.253 e. The zero-order valence-electron chi connectivity index (χ0n) is 13.3. The lowest BCUT2D eigenvalue weighted by Gasteiger charge is -2.17. The number of amides is 1. The molecule has 23 heavy (non-hydrogen) atoms. The van der Waals surface area contributed by atoms with Crippen LogP contribution in [0.5, 0.6) is 0 Å². The third-order valence-corrected chi connectivity index (χ3v) is 3.74. The van der Waals surface area contributed by atoms with E-state index in [0.29, 0.717) is 11.2 Å². The van der Waals surface area contributed by atoms with Crippen molar-refractivity contribution in [1.82, 2.24) is 24.9 Å². The van der Waals surface area contributed by atoms with Crippen molar-refractivity contribution in [2.75, 3.05) is 13.6 Å². The molecule has 0 aliphatic rings. The molecule has 0 fully saturated rings. The summed E-state index contributed by atoms with van der Waals surface area (Å²) in [6.07, 6.45) is 3.77. The molecule has 0 unspecified atom stereocenters. The Morgan fingerprint density at radius 1 is 1.26 bits per heavy atom. The van der Waals surface area contributed by atoms with Crippen LogP contribution in [0.1, 0.15) is 30.1 Å². The molecule has 0 bridgehead atoms. The maximum Gasteiger partial charge on any atom is 0.253 e. The maximum atomic E-state index is 12.5. The predicted molar refractivity (Wildman–Crippen MR) is 88.5 cm³/mol. The molecule has 118 valence electrons. The fourth-order valence-electron chi connectivity index (χ4n) is 2.43. The summed E-state index contributed by atoms with van der Waals surface area (Å²) >= 11 is 0. The number of hydrogen-bond acceptors (Lipinski definition) is 4. The molecule has 6 heteroatoms. The minimum absolute atomic E-state index is 0.0117. The summed E-state index contributed by atoms with van der Waals surface area (Å²) in [6, 6.07) is 11.1. The number of benzene rings is 1. The van der Waals surface area contributed by atoms with E-state index in [2.05, 4.69) is 22.2 Å². The molecule has 3 rings (SSSR count). The first-order valence-electron chi connectivity index (χ1n) is 7.73. The summed E-state index contributed by atoms with van der Waals surface area (Å²) in [5, 5.41) is 8.24. The summed E-state index contributed by atoms with van der Waals surface area (Å²) < 4.78 is 1.65. The molecule has 0 spiro atoms. The summed E-state index contributed by atoms with van der Waals surface area (Å²) in [6.45, 7) is 2.87. The van der Waals surface area contributed by atoms with Gasteiger partial charge in [-0.2, -0.15) is 4.68 Å². The van der Waals surface area contributed by atoms with E-state index in [1.165, 1.54) is 0 Å². The number of carbonyl (C=O) groups excluding carboxylic acids is 1. The number of nitrogens with zero attached hydrogens (tertiary/aromatic N) is 5. The molecule has 0 radical (unpaired) electrons. The summed E-state index contributed by atoms with van der Waals surface area (Å²) in [4.78, 5) is 18.6. The van der Waals surface area contributed by atoms with Crippen molar-refractivity contribution in [1.29, 1.82) is 0 Å². The van der Waals surface area contributed by atoms with Crippen LogP contribution in [0.4, 0.5) is 0 Å². The first kappa shape index (κ1) is 15.1. The molecule has 2 aromatic heterocycles. The summed E-state index contributed by atoms with van der Waals surface area (Å²) in [5.41, 5.74) is 2.82. The molecule has 0 saturated heterocycles. The predicted octanol–water partition coefficient (Wildman–Crippen LogP) is 2.69. The van der Waals surface area contributed by atoms with Crippen LogP contribution in [-0.4, -0.2) is 44.4 Å². The molecule has 0 atom stereocenters. The monoisotopic (exact) mass is 309 g/mol. The Balaban J connectivity index is 1.92. The standard InChI is InChI=1S/C17H19N5O/c1-3-4-11-21(2)17(23)13-7-5-8-14(12-13)22-16-15(19-20-22)9-6-10-18-16/h5-10,12H,3-4,11H2,1-2H3. The fourth-order valence-corrected chi connectivity index (χ4v) is 2.43. The van der Waals surface area contributed by atoms with Crippen LogP contribution in [0.2, 0.25) is 0 Å². The quantitative estimate of drug-likeness (QED) is 0.727. The van der Waals surface area contributed by atoms with E-state index in [4.69, 9.17) is 0 Å². The SMILES string of the molecule is CCCCN(C)C(=O)c1cccc(-n2nnc3cccnc32)c1. The lowest BCUT2D eigenvalue weighted by molar-refractivity contribution is 0.0793. The Kier molecular flexibility index (Phi) is 4.32. The van der Waals surface area contributed by atoms with Crippen LogP contribution in [0.25, 0.3) is 16.9 Å². The number of unbranched alkanes of at least 4 members (excludes halogenated alkanes) is 1. The molecule has 1 aromatic carbocycles. The fraction of sp³-hybridized carbons (Fsp3) is 0.294. The van der Waals surface area contributed by atoms with Crippen LogP contribution < -0.4 is 0 Å². The van der Waals surface area contributed by atoms with E-state index < -0.39 is 0 Å². The summed E-state index contributed by atoms with van der Waals surface area (Å²) in [5.74, 6) is 0.0117. The van der Waals surface area contributed by atoms with Crippen molar-refractivity contribution in [3.05, 3.63) is 48.2 Å². The first-order valence-corrected chi connectivity index (χ1v) is 7.73. The second-order valence-corrected chi connectivity index (χ2v) is 5.48. The highest BCUT2D eigenvalue weighted by molar-refractivity contribution is 5.94. The Morgan fingerprint density at radius 2 is 2.13 bits per heavy atom. The number of fused-ring (bicyclic) bond motifs is 1. The van der Waals surface area contributed by atoms with Gasteiger partial charge in [0.2, 0.25) is 0 Å². The van der Waals surface area contributed by atoms with E-state index in [-0.39, 0.29) is 5.91 Å². The van der Waals surface area contributed by atoms with Gasteiger partial charge in [0.1, 0.15) is 5.52 Å². The van der Waals surface area contributed by atoms with Gasteiger partial charge in [-0.05, 0) is 36.8 Å². The van der Waals surface area contributed by atoms with Gasteiger partial charge in [-0.25, -0.2) is 4.98 Å². The Hall–Kier alpha value is -2.76. The van der Waals surface area contributed by atoms with E-state index in [1.54, 1.807) is 15.8 Å². The molecule has 0 saturated carbocycles. The van der Waals surface area contributed by atoms with Gasteiger partial charge in [-0.1, -0.05) is 24.6 Å². The lowest BCUT2D eigenvalue weighted by Crippen LogP contribution is -2.27.